The van der Waals surface area contributed by atoms with E-state index in [0.29, 0.717) is 12.1 Å². The summed E-state index contributed by atoms with van der Waals surface area (Å²) < 4.78 is 0. The topological polar surface area (TPSA) is 88.3 Å². The van der Waals surface area contributed by atoms with Gasteiger partial charge in [-0.1, -0.05) is 13.3 Å². The molecule has 1 rings (SSSR count). The molecule has 100 valence electrons. The second kappa shape index (κ2) is 5.77. The highest BCUT2D eigenvalue weighted by molar-refractivity contribution is 5.56. The van der Waals surface area contributed by atoms with Gasteiger partial charge in [0, 0.05) is 18.3 Å². The highest BCUT2D eigenvalue weighted by Gasteiger charge is 2.22. The monoisotopic (exact) mass is 253 g/mol. The standard InChI is InChI=1S/C12H19N3O3/c1-4-7-12(3,16)8-13-11-10(15(17)18)6-5-9(2)14-11/h5-6,16H,4,7-8H2,1-3H3,(H,13,14). The van der Waals surface area contributed by atoms with E-state index in [1.54, 1.807) is 19.9 Å². The molecule has 0 radical (unpaired) electrons. The fourth-order valence-corrected chi connectivity index (χ4v) is 1.73. The second-order valence-electron chi connectivity index (χ2n) is 4.68. The van der Waals surface area contributed by atoms with Crippen LogP contribution in [0, 0.1) is 17.0 Å². The Morgan fingerprint density at radius 3 is 2.78 bits per heavy atom. The van der Waals surface area contributed by atoms with Crippen molar-refractivity contribution >= 4 is 11.5 Å². The van der Waals surface area contributed by atoms with E-state index in [1.807, 2.05) is 6.92 Å². The Morgan fingerprint density at radius 1 is 1.56 bits per heavy atom. The van der Waals surface area contributed by atoms with Crippen LogP contribution >= 0.6 is 0 Å². The minimum Gasteiger partial charge on any atom is -0.388 e. The predicted molar refractivity (Wildman–Crippen MR) is 69.6 cm³/mol. The average Bonchev–Trinajstić information content (AvgIpc) is 2.26. The van der Waals surface area contributed by atoms with E-state index >= 15 is 0 Å². The van der Waals surface area contributed by atoms with Crippen molar-refractivity contribution in [2.45, 2.75) is 39.2 Å². The first-order valence-corrected chi connectivity index (χ1v) is 5.94. The van der Waals surface area contributed by atoms with Crippen LogP contribution in [0.3, 0.4) is 0 Å². The number of hydrogen-bond acceptors (Lipinski definition) is 5. The lowest BCUT2D eigenvalue weighted by Crippen LogP contribution is -2.33. The zero-order valence-corrected chi connectivity index (χ0v) is 10.9. The van der Waals surface area contributed by atoms with Crippen LogP contribution in [0.5, 0.6) is 0 Å². The Bertz CT molecular complexity index is 433. The maximum absolute atomic E-state index is 10.8. The summed E-state index contributed by atoms with van der Waals surface area (Å²) in [4.78, 5) is 14.5. The lowest BCUT2D eigenvalue weighted by Gasteiger charge is -2.23. The molecular weight excluding hydrogens is 234 g/mol. The van der Waals surface area contributed by atoms with Crippen LogP contribution in [-0.4, -0.2) is 27.2 Å². The number of anilines is 1. The van der Waals surface area contributed by atoms with Gasteiger partial charge in [-0.05, 0) is 26.3 Å². The number of nitro groups is 1. The summed E-state index contributed by atoms with van der Waals surface area (Å²) >= 11 is 0. The minimum atomic E-state index is -0.895. The summed E-state index contributed by atoms with van der Waals surface area (Å²) in [5.74, 6) is 0.205. The quantitative estimate of drug-likeness (QED) is 0.599. The van der Waals surface area contributed by atoms with Crippen LogP contribution in [0.1, 0.15) is 32.4 Å². The molecule has 1 atom stereocenters. The Balaban J connectivity index is 2.83. The van der Waals surface area contributed by atoms with Crippen molar-refractivity contribution in [3.8, 4) is 0 Å². The van der Waals surface area contributed by atoms with Crippen LogP contribution in [0.4, 0.5) is 11.5 Å². The van der Waals surface area contributed by atoms with Gasteiger partial charge in [0.25, 0.3) is 0 Å². The number of nitrogens with one attached hydrogen (secondary N) is 1. The molecule has 0 spiro atoms. The first-order valence-electron chi connectivity index (χ1n) is 5.94. The summed E-state index contributed by atoms with van der Waals surface area (Å²) in [6.45, 7) is 5.67. The third-order valence-corrected chi connectivity index (χ3v) is 2.64. The van der Waals surface area contributed by atoms with Gasteiger partial charge in [-0.2, -0.15) is 0 Å². The van der Waals surface area contributed by atoms with Crippen molar-refractivity contribution in [2.24, 2.45) is 0 Å². The smallest absolute Gasteiger partial charge is 0.311 e. The van der Waals surface area contributed by atoms with Crippen molar-refractivity contribution in [1.82, 2.24) is 4.98 Å². The molecule has 0 aliphatic rings. The minimum absolute atomic E-state index is 0.0760. The highest BCUT2D eigenvalue weighted by Crippen LogP contribution is 2.23. The van der Waals surface area contributed by atoms with Crippen LogP contribution < -0.4 is 5.32 Å². The first kappa shape index (κ1) is 14.4. The van der Waals surface area contributed by atoms with E-state index in [4.69, 9.17) is 0 Å². The number of aromatic nitrogens is 1. The van der Waals surface area contributed by atoms with Gasteiger partial charge < -0.3 is 10.4 Å². The summed E-state index contributed by atoms with van der Waals surface area (Å²) in [5, 5.41) is 23.7. The molecule has 0 aliphatic carbocycles. The molecule has 0 bridgehead atoms. The van der Waals surface area contributed by atoms with Gasteiger partial charge in [0.1, 0.15) is 0 Å². The molecular formula is C12H19N3O3. The van der Waals surface area contributed by atoms with Crippen molar-refractivity contribution < 1.29 is 10.0 Å². The summed E-state index contributed by atoms with van der Waals surface area (Å²) in [5.41, 5.74) is -0.278. The lowest BCUT2D eigenvalue weighted by molar-refractivity contribution is -0.384. The van der Waals surface area contributed by atoms with E-state index in [-0.39, 0.29) is 18.1 Å². The molecule has 0 aliphatic heterocycles. The normalized spacial score (nSPS) is 14.0. The fraction of sp³-hybridized carbons (Fsp3) is 0.583. The first-order chi connectivity index (χ1) is 8.35. The SMILES string of the molecule is CCCC(C)(O)CNc1nc(C)ccc1[N+](=O)[O-]. The van der Waals surface area contributed by atoms with Crippen LogP contribution in [0.25, 0.3) is 0 Å². The molecule has 1 heterocycles. The molecule has 1 unspecified atom stereocenters. The van der Waals surface area contributed by atoms with Gasteiger partial charge in [-0.25, -0.2) is 4.98 Å². The molecule has 0 amide bonds. The van der Waals surface area contributed by atoms with E-state index in [9.17, 15) is 15.2 Å². The third-order valence-electron chi connectivity index (χ3n) is 2.64. The van der Waals surface area contributed by atoms with Crippen molar-refractivity contribution in [3.05, 3.63) is 27.9 Å². The molecule has 6 nitrogen and oxygen atoms in total. The van der Waals surface area contributed by atoms with Gasteiger partial charge in [0.05, 0.1) is 10.5 Å². The van der Waals surface area contributed by atoms with Gasteiger partial charge in [-0.3, -0.25) is 10.1 Å². The Morgan fingerprint density at radius 2 is 2.22 bits per heavy atom. The van der Waals surface area contributed by atoms with E-state index < -0.39 is 10.5 Å². The van der Waals surface area contributed by atoms with E-state index in [0.717, 1.165) is 6.42 Å². The van der Waals surface area contributed by atoms with Crippen LogP contribution in [-0.2, 0) is 0 Å². The molecule has 0 aromatic carbocycles. The molecule has 2 N–H and O–H groups in total. The lowest BCUT2D eigenvalue weighted by atomic mass is 10.0. The summed E-state index contributed by atoms with van der Waals surface area (Å²) in [7, 11) is 0. The Hall–Kier alpha value is -1.69. The molecule has 1 aromatic rings. The third kappa shape index (κ3) is 3.96. The summed E-state index contributed by atoms with van der Waals surface area (Å²) in [6.07, 6.45) is 1.47. The second-order valence-corrected chi connectivity index (χ2v) is 4.68. The Labute approximate surface area is 106 Å². The van der Waals surface area contributed by atoms with Gasteiger partial charge in [0.2, 0.25) is 5.82 Å². The highest BCUT2D eigenvalue weighted by atomic mass is 16.6. The maximum atomic E-state index is 10.8. The largest absolute Gasteiger partial charge is 0.388 e. The van der Waals surface area contributed by atoms with Gasteiger partial charge in [0.15, 0.2) is 0 Å². The van der Waals surface area contributed by atoms with Gasteiger partial charge >= 0.3 is 5.69 Å². The van der Waals surface area contributed by atoms with Crippen molar-refractivity contribution in [2.75, 3.05) is 11.9 Å². The van der Waals surface area contributed by atoms with Crippen molar-refractivity contribution in [3.63, 3.8) is 0 Å². The summed E-state index contributed by atoms with van der Waals surface area (Å²) in [6, 6.07) is 3.01. The van der Waals surface area contributed by atoms with Crippen LogP contribution in [0.2, 0.25) is 0 Å². The zero-order chi connectivity index (χ0) is 13.8. The Kier molecular flexibility index (Phi) is 4.61. The predicted octanol–water partition coefficient (Wildman–Crippen LogP) is 2.26. The van der Waals surface area contributed by atoms with E-state index in [1.165, 1.54) is 6.07 Å². The zero-order valence-electron chi connectivity index (χ0n) is 10.9. The number of nitrogens with zero attached hydrogens (tertiary/aromatic N) is 2. The molecule has 0 saturated carbocycles. The number of rotatable bonds is 6. The molecule has 0 saturated heterocycles. The molecule has 6 heteroatoms. The average molecular weight is 253 g/mol. The van der Waals surface area contributed by atoms with Crippen LogP contribution in [0.15, 0.2) is 12.1 Å². The number of pyridine rings is 1. The number of aryl methyl sites for hydroxylation is 1. The van der Waals surface area contributed by atoms with Gasteiger partial charge in [-0.15, -0.1) is 0 Å². The van der Waals surface area contributed by atoms with E-state index in [2.05, 4.69) is 10.3 Å². The molecule has 1 aromatic heterocycles. The number of aliphatic hydroxyl groups is 1. The fourth-order valence-electron chi connectivity index (χ4n) is 1.73. The number of hydrogen-bond donors (Lipinski definition) is 2. The molecule has 18 heavy (non-hydrogen) atoms. The molecule has 0 fully saturated rings. The maximum Gasteiger partial charge on any atom is 0.311 e. The van der Waals surface area contributed by atoms with Crippen molar-refractivity contribution in [1.29, 1.82) is 0 Å².